The summed E-state index contributed by atoms with van der Waals surface area (Å²) in [6, 6.07) is 7.05. The molecule has 0 saturated heterocycles. The van der Waals surface area contributed by atoms with Gasteiger partial charge in [-0.15, -0.1) is 11.3 Å². The Balaban J connectivity index is 2.47. The van der Waals surface area contributed by atoms with Gasteiger partial charge in [-0.1, -0.05) is 11.6 Å². The Hall–Kier alpha value is -1.06. The van der Waals surface area contributed by atoms with Gasteiger partial charge in [-0.05, 0) is 18.2 Å². The van der Waals surface area contributed by atoms with E-state index in [2.05, 4.69) is 4.98 Å². The molecule has 0 aliphatic rings. The Morgan fingerprint density at radius 2 is 2.08 bits per heavy atom. The predicted molar refractivity (Wildman–Crippen MR) is 55.4 cm³/mol. The third-order valence-corrected chi connectivity index (χ3v) is 2.92. The van der Waals surface area contributed by atoms with Crippen LogP contribution in [-0.2, 0) is 0 Å². The standard InChI is InChI=1S/C9H6ClNOS/c10-8-3-2-7(13-8)6-1-4-9(12)11-5-6/h1-5H,(H,11,12). The molecule has 2 rings (SSSR count). The summed E-state index contributed by atoms with van der Waals surface area (Å²) in [5.41, 5.74) is 0.892. The first-order valence-corrected chi connectivity index (χ1v) is 4.89. The van der Waals surface area contributed by atoms with Crippen molar-refractivity contribution < 1.29 is 0 Å². The molecule has 0 saturated carbocycles. The van der Waals surface area contributed by atoms with E-state index in [1.54, 1.807) is 12.3 Å². The fourth-order valence-corrected chi connectivity index (χ4v) is 2.07. The predicted octanol–water partition coefficient (Wildman–Crippen LogP) is 2.76. The number of H-pyrrole nitrogens is 1. The Labute approximate surface area is 83.8 Å². The lowest BCUT2D eigenvalue weighted by Gasteiger charge is -1.93. The summed E-state index contributed by atoms with van der Waals surface area (Å²) < 4.78 is 0.751. The zero-order valence-corrected chi connectivity index (χ0v) is 8.15. The number of aromatic nitrogens is 1. The molecule has 0 atom stereocenters. The Bertz CT molecular complexity index is 454. The quantitative estimate of drug-likeness (QED) is 0.773. The van der Waals surface area contributed by atoms with Gasteiger partial charge in [0.2, 0.25) is 5.56 Å². The maximum Gasteiger partial charge on any atom is 0.247 e. The van der Waals surface area contributed by atoms with Gasteiger partial charge in [0, 0.05) is 22.7 Å². The van der Waals surface area contributed by atoms with E-state index in [0.717, 1.165) is 14.8 Å². The largest absolute Gasteiger partial charge is 0.328 e. The van der Waals surface area contributed by atoms with Gasteiger partial charge in [0.05, 0.1) is 4.34 Å². The van der Waals surface area contributed by atoms with Crippen LogP contribution in [0.3, 0.4) is 0 Å². The van der Waals surface area contributed by atoms with Crippen molar-refractivity contribution in [2.45, 2.75) is 0 Å². The van der Waals surface area contributed by atoms with Crippen LogP contribution >= 0.6 is 22.9 Å². The van der Waals surface area contributed by atoms with Crippen molar-refractivity contribution in [2.24, 2.45) is 0 Å². The highest BCUT2D eigenvalue weighted by Gasteiger charge is 2.00. The molecule has 2 nitrogen and oxygen atoms in total. The van der Waals surface area contributed by atoms with Gasteiger partial charge < -0.3 is 4.98 Å². The van der Waals surface area contributed by atoms with E-state index < -0.39 is 0 Å². The Kier molecular flexibility index (Phi) is 2.20. The average molecular weight is 212 g/mol. The summed E-state index contributed by atoms with van der Waals surface area (Å²) in [6.07, 6.45) is 1.69. The zero-order chi connectivity index (χ0) is 9.26. The van der Waals surface area contributed by atoms with Crippen molar-refractivity contribution >= 4 is 22.9 Å². The second-order valence-corrected chi connectivity index (χ2v) is 4.26. The molecule has 0 fully saturated rings. The van der Waals surface area contributed by atoms with E-state index in [1.807, 2.05) is 12.1 Å². The van der Waals surface area contributed by atoms with Crippen LogP contribution in [-0.4, -0.2) is 4.98 Å². The smallest absolute Gasteiger partial charge is 0.247 e. The number of halogens is 1. The highest BCUT2D eigenvalue weighted by Crippen LogP contribution is 2.29. The van der Waals surface area contributed by atoms with Gasteiger partial charge in [-0.2, -0.15) is 0 Å². The van der Waals surface area contributed by atoms with E-state index in [0.29, 0.717) is 0 Å². The minimum atomic E-state index is -0.0913. The molecule has 0 radical (unpaired) electrons. The third kappa shape index (κ3) is 1.82. The van der Waals surface area contributed by atoms with Crippen molar-refractivity contribution in [3.63, 3.8) is 0 Å². The lowest BCUT2D eigenvalue weighted by atomic mass is 10.2. The summed E-state index contributed by atoms with van der Waals surface area (Å²) in [5, 5.41) is 0. The molecule has 4 heteroatoms. The van der Waals surface area contributed by atoms with Crippen LogP contribution in [0.5, 0.6) is 0 Å². The first kappa shape index (κ1) is 8.53. The lowest BCUT2D eigenvalue weighted by molar-refractivity contribution is 1.24. The van der Waals surface area contributed by atoms with Crippen LogP contribution in [0.4, 0.5) is 0 Å². The summed E-state index contributed by atoms with van der Waals surface area (Å²) >= 11 is 7.28. The van der Waals surface area contributed by atoms with Gasteiger partial charge in [-0.25, -0.2) is 0 Å². The number of aromatic amines is 1. The van der Waals surface area contributed by atoms with Crippen molar-refractivity contribution in [3.05, 3.63) is 45.2 Å². The van der Waals surface area contributed by atoms with Crippen molar-refractivity contribution in [2.75, 3.05) is 0 Å². The van der Waals surface area contributed by atoms with Crippen LogP contribution in [0.15, 0.2) is 35.3 Å². The summed E-state index contributed by atoms with van der Waals surface area (Å²) in [7, 11) is 0. The molecular formula is C9H6ClNOS. The maximum absolute atomic E-state index is 10.8. The van der Waals surface area contributed by atoms with E-state index in [1.165, 1.54) is 17.4 Å². The highest BCUT2D eigenvalue weighted by atomic mass is 35.5. The zero-order valence-electron chi connectivity index (χ0n) is 6.58. The van der Waals surface area contributed by atoms with Gasteiger partial charge >= 0.3 is 0 Å². The van der Waals surface area contributed by atoms with Crippen LogP contribution < -0.4 is 5.56 Å². The second-order valence-electron chi connectivity index (χ2n) is 2.55. The lowest BCUT2D eigenvalue weighted by Crippen LogP contribution is -2.00. The van der Waals surface area contributed by atoms with Crippen LogP contribution in [0.2, 0.25) is 4.34 Å². The number of nitrogens with one attached hydrogen (secondary N) is 1. The first-order valence-electron chi connectivity index (χ1n) is 3.70. The third-order valence-electron chi connectivity index (χ3n) is 1.64. The van der Waals surface area contributed by atoms with E-state index >= 15 is 0 Å². The molecule has 0 unspecified atom stereocenters. The van der Waals surface area contributed by atoms with Crippen LogP contribution in [0, 0.1) is 0 Å². The highest BCUT2D eigenvalue weighted by molar-refractivity contribution is 7.19. The van der Waals surface area contributed by atoms with E-state index in [-0.39, 0.29) is 5.56 Å². The first-order chi connectivity index (χ1) is 6.25. The van der Waals surface area contributed by atoms with Gasteiger partial charge in [0.15, 0.2) is 0 Å². The molecule has 0 spiro atoms. The van der Waals surface area contributed by atoms with Crippen LogP contribution in [0.1, 0.15) is 0 Å². The molecule has 2 aromatic heterocycles. The number of pyridine rings is 1. The summed E-state index contributed by atoms with van der Waals surface area (Å²) in [6.45, 7) is 0. The van der Waals surface area contributed by atoms with Crippen molar-refractivity contribution in [3.8, 4) is 10.4 Å². The molecule has 2 aromatic rings. The van der Waals surface area contributed by atoms with Crippen molar-refractivity contribution in [1.29, 1.82) is 0 Å². The number of thiophene rings is 1. The molecule has 0 bridgehead atoms. The van der Waals surface area contributed by atoms with Gasteiger partial charge in [0.1, 0.15) is 0 Å². The van der Waals surface area contributed by atoms with Gasteiger partial charge in [-0.3, -0.25) is 4.79 Å². The molecule has 0 aromatic carbocycles. The minimum absolute atomic E-state index is 0.0913. The molecule has 1 N–H and O–H groups in total. The average Bonchev–Trinajstić information content (AvgIpc) is 2.53. The molecular weight excluding hydrogens is 206 g/mol. The molecule has 0 aliphatic heterocycles. The SMILES string of the molecule is O=c1ccc(-c2ccc(Cl)s2)c[nH]1. The summed E-state index contributed by atoms with van der Waals surface area (Å²) in [5.74, 6) is 0. The fourth-order valence-electron chi connectivity index (χ4n) is 1.03. The number of rotatable bonds is 1. The maximum atomic E-state index is 10.8. The molecule has 0 amide bonds. The number of hydrogen-bond donors (Lipinski definition) is 1. The van der Waals surface area contributed by atoms with E-state index in [9.17, 15) is 4.79 Å². The monoisotopic (exact) mass is 211 g/mol. The number of hydrogen-bond acceptors (Lipinski definition) is 2. The topological polar surface area (TPSA) is 32.9 Å². The fraction of sp³-hybridized carbons (Fsp3) is 0. The minimum Gasteiger partial charge on any atom is -0.328 e. The van der Waals surface area contributed by atoms with Gasteiger partial charge in [0.25, 0.3) is 0 Å². The molecule has 2 heterocycles. The molecule has 66 valence electrons. The second kappa shape index (κ2) is 3.36. The molecule has 13 heavy (non-hydrogen) atoms. The summed E-state index contributed by atoms with van der Waals surface area (Å²) in [4.78, 5) is 14.5. The normalized spacial score (nSPS) is 10.2. The van der Waals surface area contributed by atoms with Crippen molar-refractivity contribution in [1.82, 2.24) is 4.98 Å². The Morgan fingerprint density at radius 1 is 1.23 bits per heavy atom. The Morgan fingerprint density at radius 3 is 2.62 bits per heavy atom. The van der Waals surface area contributed by atoms with Crippen LogP contribution in [0.25, 0.3) is 10.4 Å². The van der Waals surface area contributed by atoms with E-state index in [4.69, 9.17) is 11.6 Å². The molecule has 0 aliphatic carbocycles.